The number of amides is 3. The predicted octanol–water partition coefficient (Wildman–Crippen LogP) is -0.590. The molecule has 0 aromatic rings. The highest BCUT2D eigenvalue weighted by Crippen LogP contribution is 2.51. The minimum Gasteiger partial charge on any atom is -0.396 e. The van der Waals surface area contributed by atoms with E-state index in [1.165, 1.54) is 11.9 Å². The Bertz CT molecular complexity index is 605. The molecule has 0 spiro atoms. The Morgan fingerprint density at radius 3 is 2.62 bits per heavy atom. The molecular weight excluding hydrogens is 272 g/mol. The highest BCUT2D eigenvalue weighted by atomic mass is 16.3. The molecule has 1 fully saturated rings. The zero-order valence-electron chi connectivity index (χ0n) is 12.2. The maximum Gasteiger partial charge on any atom is 0.257 e. The largest absolute Gasteiger partial charge is 0.396 e. The van der Waals surface area contributed by atoms with Crippen LogP contribution in [0, 0.1) is 23.7 Å². The maximum atomic E-state index is 12.5. The number of hydrogen-bond acceptors (Lipinski definition) is 4. The van der Waals surface area contributed by atoms with Crippen molar-refractivity contribution in [3.05, 3.63) is 23.3 Å². The Morgan fingerprint density at radius 2 is 2.05 bits per heavy atom. The molecule has 0 aromatic carbocycles. The summed E-state index contributed by atoms with van der Waals surface area (Å²) in [5, 5.41) is 9.70. The van der Waals surface area contributed by atoms with Crippen LogP contribution in [-0.4, -0.2) is 60.4 Å². The van der Waals surface area contributed by atoms with Crippen LogP contribution in [0.15, 0.2) is 23.3 Å². The molecule has 3 aliphatic carbocycles. The molecular formula is C15H18N2O4. The summed E-state index contributed by atoms with van der Waals surface area (Å²) < 4.78 is 0. The van der Waals surface area contributed by atoms with Gasteiger partial charge in [-0.05, 0) is 5.57 Å². The Balaban J connectivity index is 2.15. The Kier molecular flexibility index (Phi) is 3.02. The van der Waals surface area contributed by atoms with Gasteiger partial charge in [0, 0.05) is 38.6 Å². The average molecular weight is 290 g/mol. The van der Waals surface area contributed by atoms with E-state index >= 15 is 0 Å². The molecule has 6 nitrogen and oxygen atoms in total. The molecule has 21 heavy (non-hydrogen) atoms. The number of rotatable bonds is 2. The van der Waals surface area contributed by atoms with Crippen molar-refractivity contribution in [1.82, 2.24) is 9.80 Å². The van der Waals surface area contributed by atoms with E-state index in [9.17, 15) is 19.5 Å². The summed E-state index contributed by atoms with van der Waals surface area (Å²) in [6, 6.07) is 0. The van der Waals surface area contributed by atoms with Crippen LogP contribution in [0.5, 0.6) is 0 Å². The molecule has 0 radical (unpaired) electrons. The molecule has 0 aromatic heterocycles. The summed E-state index contributed by atoms with van der Waals surface area (Å²) >= 11 is 0. The van der Waals surface area contributed by atoms with Crippen molar-refractivity contribution >= 4 is 17.7 Å². The lowest BCUT2D eigenvalue weighted by molar-refractivity contribution is -0.140. The number of likely N-dealkylation sites (tertiary alicyclic amines) is 1. The number of allylic oxidation sites excluding steroid dienone is 2. The second-order valence-corrected chi connectivity index (χ2v) is 6.03. The zero-order chi connectivity index (χ0) is 15.5. The number of hydrogen-bond donors (Lipinski definition) is 1. The van der Waals surface area contributed by atoms with Gasteiger partial charge >= 0.3 is 0 Å². The molecule has 112 valence electrons. The molecule has 4 rings (SSSR count). The third-order valence-electron chi connectivity index (χ3n) is 4.81. The second-order valence-electron chi connectivity index (χ2n) is 6.03. The smallest absolute Gasteiger partial charge is 0.257 e. The van der Waals surface area contributed by atoms with Gasteiger partial charge in [-0.15, -0.1) is 0 Å². The molecule has 3 unspecified atom stereocenters. The predicted molar refractivity (Wildman–Crippen MR) is 73.7 cm³/mol. The summed E-state index contributed by atoms with van der Waals surface area (Å²) in [6.07, 6.45) is 3.63. The van der Waals surface area contributed by atoms with Crippen molar-refractivity contribution in [3.8, 4) is 0 Å². The van der Waals surface area contributed by atoms with Crippen LogP contribution in [0.4, 0.5) is 0 Å². The molecule has 0 saturated carbocycles. The third-order valence-corrected chi connectivity index (χ3v) is 4.81. The van der Waals surface area contributed by atoms with Gasteiger partial charge in [0.25, 0.3) is 5.91 Å². The summed E-state index contributed by atoms with van der Waals surface area (Å²) in [5.41, 5.74) is 1.12. The monoisotopic (exact) mass is 290 g/mol. The fourth-order valence-electron chi connectivity index (χ4n) is 3.78. The van der Waals surface area contributed by atoms with Gasteiger partial charge < -0.3 is 10.0 Å². The SMILES string of the molecule is CN(C)C(=O)C1C(CO)C2=C3C(=O)N(C)C(=O)[C@H]3C1C=C2. The van der Waals surface area contributed by atoms with Crippen LogP contribution >= 0.6 is 0 Å². The first kappa shape index (κ1) is 14.0. The first-order valence-electron chi connectivity index (χ1n) is 6.96. The lowest BCUT2D eigenvalue weighted by Crippen LogP contribution is -2.48. The highest BCUT2D eigenvalue weighted by molar-refractivity contribution is 6.16. The molecule has 2 bridgehead atoms. The van der Waals surface area contributed by atoms with Crippen molar-refractivity contribution in [2.75, 3.05) is 27.7 Å². The zero-order valence-corrected chi connectivity index (χ0v) is 12.2. The summed E-state index contributed by atoms with van der Waals surface area (Å²) in [5.74, 6) is -2.50. The van der Waals surface area contributed by atoms with Crippen molar-refractivity contribution in [1.29, 1.82) is 0 Å². The average Bonchev–Trinajstić information content (AvgIpc) is 2.72. The minimum atomic E-state index is -0.570. The van der Waals surface area contributed by atoms with Crippen LogP contribution in [0.25, 0.3) is 0 Å². The molecule has 4 atom stereocenters. The fraction of sp³-hybridized carbons (Fsp3) is 0.533. The van der Waals surface area contributed by atoms with E-state index in [1.807, 2.05) is 6.08 Å². The number of carbonyl (C=O) groups excluding carboxylic acids is 3. The molecule has 1 N–H and O–H groups in total. The van der Waals surface area contributed by atoms with Gasteiger partial charge in [0.05, 0.1) is 18.4 Å². The fourth-order valence-corrected chi connectivity index (χ4v) is 3.78. The van der Waals surface area contributed by atoms with Crippen LogP contribution in [0.2, 0.25) is 0 Å². The molecule has 1 saturated heterocycles. The van der Waals surface area contributed by atoms with E-state index in [2.05, 4.69) is 0 Å². The summed E-state index contributed by atoms with van der Waals surface area (Å²) in [4.78, 5) is 39.6. The number of nitrogens with zero attached hydrogens (tertiary/aromatic N) is 2. The highest BCUT2D eigenvalue weighted by Gasteiger charge is 2.57. The van der Waals surface area contributed by atoms with Gasteiger partial charge in [0.1, 0.15) is 0 Å². The Hall–Kier alpha value is -1.95. The number of aliphatic hydroxyl groups is 1. The second kappa shape index (κ2) is 4.53. The standard InChI is InChI=1S/C15H18N2O4/c1-16(2)13(19)10-8-5-4-7(9(10)6-18)11-12(8)15(21)17(3)14(11)20/h4-5,8-10,12,18H,6H2,1-3H3/t8?,9?,10?,12-/m0/s1. The number of aliphatic hydroxyl groups excluding tert-OH is 1. The van der Waals surface area contributed by atoms with E-state index in [4.69, 9.17) is 0 Å². The Morgan fingerprint density at radius 1 is 1.38 bits per heavy atom. The molecule has 1 aliphatic heterocycles. The van der Waals surface area contributed by atoms with Crippen molar-refractivity contribution in [2.45, 2.75) is 0 Å². The van der Waals surface area contributed by atoms with E-state index in [1.54, 1.807) is 20.2 Å². The van der Waals surface area contributed by atoms with E-state index in [0.717, 1.165) is 4.90 Å². The van der Waals surface area contributed by atoms with Crippen molar-refractivity contribution in [3.63, 3.8) is 0 Å². The Labute approximate surface area is 122 Å². The number of fused-ring (bicyclic) bond motifs is 1. The quantitative estimate of drug-likeness (QED) is 0.690. The van der Waals surface area contributed by atoms with Crippen molar-refractivity contribution < 1.29 is 19.5 Å². The number of carbonyl (C=O) groups is 3. The van der Waals surface area contributed by atoms with Gasteiger partial charge in [-0.3, -0.25) is 19.3 Å². The topological polar surface area (TPSA) is 77.9 Å². The van der Waals surface area contributed by atoms with E-state index in [0.29, 0.717) is 11.1 Å². The first-order chi connectivity index (χ1) is 9.90. The van der Waals surface area contributed by atoms with E-state index in [-0.39, 0.29) is 30.2 Å². The summed E-state index contributed by atoms with van der Waals surface area (Å²) in [6.45, 7) is -0.207. The van der Waals surface area contributed by atoms with Crippen LogP contribution in [-0.2, 0) is 14.4 Å². The van der Waals surface area contributed by atoms with Gasteiger partial charge in [-0.25, -0.2) is 0 Å². The minimum absolute atomic E-state index is 0.116. The maximum absolute atomic E-state index is 12.5. The van der Waals surface area contributed by atoms with Crippen LogP contribution in [0.1, 0.15) is 0 Å². The molecule has 6 heteroatoms. The van der Waals surface area contributed by atoms with Gasteiger partial charge in [-0.2, -0.15) is 0 Å². The first-order valence-corrected chi connectivity index (χ1v) is 6.96. The molecule has 1 heterocycles. The van der Waals surface area contributed by atoms with Crippen molar-refractivity contribution in [2.24, 2.45) is 23.7 Å². The normalized spacial score (nSPS) is 33.8. The number of likely N-dealkylation sites (N-methyl/N-ethyl adjacent to an activating group) is 1. The van der Waals surface area contributed by atoms with Gasteiger partial charge in [-0.1, -0.05) is 12.2 Å². The molecule has 4 aliphatic rings. The summed E-state index contributed by atoms with van der Waals surface area (Å²) in [7, 11) is 4.78. The van der Waals surface area contributed by atoms with Gasteiger partial charge in [0.2, 0.25) is 11.8 Å². The van der Waals surface area contributed by atoms with Crippen LogP contribution in [0.3, 0.4) is 0 Å². The lowest BCUT2D eigenvalue weighted by Gasteiger charge is -2.43. The van der Waals surface area contributed by atoms with E-state index < -0.39 is 17.8 Å². The van der Waals surface area contributed by atoms with Crippen LogP contribution < -0.4 is 0 Å². The third kappa shape index (κ3) is 1.65. The lowest BCUT2D eigenvalue weighted by atomic mass is 9.60. The number of imide groups is 1. The molecule has 3 amide bonds. The van der Waals surface area contributed by atoms with Gasteiger partial charge in [0.15, 0.2) is 0 Å².